The van der Waals surface area contributed by atoms with E-state index in [9.17, 15) is 4.79 Å². The van der Waals surface area contributed by atoms with Crippen LogP contribution in [0.2, 0.25) is 0 Å². The number of rotatable bonds is 5. The van der Waals surface area contributed by atoms with E-state index in [2.05, 4.69) is 54.9 Å². The molecule has 138 valence electrons. The fourth-order valence-electron chi connectivity index (χ4n) is 3.61. The monoisotopic (exact) mass is 351 g/mol. The lowest BCUT2D eigenvalue weighted by Crippen LogP contribution is -2.39. The van der Waals surface area contributed by atoms with E-state index >= 15 is 0 Å². The summed E-state index contributed by atoms with van der Waals surface area (Å²) < 4.78 is 0. The van der Waals surface area contributed by atoms with Crippen molar-refractivity contribution < 1.29 is 4.79 Å². The van der Waals surface area contributed by atoms with Crippen molar-refractivity contribution in [2.24, 2.45) is 5.92 Å². The van der Waals surface area contributed by atoms with Crippen molar-refractivity contribution in [3.63, 3.8) is 0 Å². The van der Waals surface area contributed by atoms with Crippen LogP contribution < -0.4 is 4.90 Å². The molecule has 3 rings (SSSR count). The molecule has 1 aromatic carbocycles. The minimum Gasteiger partial charge on any atom is -0.364 e. The number of likely N-dealkylation sites (tertiary alicyclic amines) is 1. The van der Waals surface area contributed by atoms with Gasteiger partial charge in [-0.25, -0.2) is 0 Å². The van der Waals surface area contributed by atoms with Crippen LogP contribution in [0, 0.1) is 5.92 Å². The first-order valence-electron chi connectivity index (χ1n) is 9.59. The smallest absolute Gasteiger partial charge is 0.255 e. The molecule has 0 bridgehead atoms. The number of aromatic nitrogens is 1. The lowest BCUT2D eigenvalue weighted by atomic mass is 9.99. The Morgan fingerprint density at radius 2 is 2.04 bits per heavy atom. The molecule has 0 saturated carbocycles. The molecule has 2 heterocycles. The number of nitrogens with zero attached hydrogens (tertiary/aromatic N) is 3. The molecule has 1 unspecified atom stereocenters. The van der Waals surface area contributed by atoms with E-state index < -0.39 is 0 Å². The second kappa shape index (κ2) is 8.35. The Labute approximate surface area is 156 Å². The average molecular weight is 351 g/mol. The van der Waals surface area contributed by atoms with Gasteiger partial charge in [-0.3, -0.25) is 9.78 Å². The van der Waals surface area contributed by atoms with Crippen molar-refractivity contribution in [1.82, 2.24) is 9.88 Å². The largest absolute Gasteiger partial charge is 0.364 e. The lowest BCUT2D eigenvalue weighted by Gasteiger charge is -2.32. The molecular weight excluding hydrogens is 322 g/mol. The Kier molecular flexibility index (Phi) is 5.92. The lowest BCUT2D eigenvalue weighted by molar-refractivity contribution is 0.0682. The van der Waals surface area contributed by atoms with E-state index in [1.54, 1.807) is 6.20 Å². The zero-order valence-corrected chi connectivity index (χ0v) is 16.1. The van der Waals surface area contributed by atoms with Gasteiger partial charge in [0.15, 0.2) is 0 Å². The van der Waals surface area contributed by atoms with E-state index in [4.69, 9.17) is 0 Å². The molecule has 2 aromatic rings. The Balaban J connectivity index is 1.81. The molecule has 4 heteroatoms. The summed E-state index contributed by atoms with van der Waals surface area (Å²) in [7, 11) is 0. The highest BCUT2D eigenvalue weighted by Gasteiger charge is 2.23. The maximum absolute atomic E-state index is 12.9. The van der Waals surface area contributed by atoms with Gasteiger partial charge >= 0.3 is 0 Å². The molecule has 1 amide bonds. The quantitative estimate of drug-likeness (QED) is 0.803. The summed E-state index contributed by atoms with van der Waals surface area (Å²) in [6.07, 6.45) is 5.86. The van der Waals surface area contributed by atoms with Crippen LogP contribution in [0.1, 0.15) is 49.5 Å². The summed E-state index contributed by atoms with van der Waals surface area (Å²) in [6.45, 7) is 9.06. The van der Waals surface area contributed by atoms with Crippen molar-refractivity contribution >= 4 is 11.6 Å². The number of amides is 1. The van der Waals surface area contributed by atoms with Crippen molar-refractivity contribution in [1.29, 1.82) is 0 Å². The molecule has 0 radical (unpaired) electrons. The molecule has 1 aromatic heterocycles. The van der Waals surface area contributed by atoms with Gasteiger partial charge in [-0.2, -0.15) is 0 Å². The van der Waals surface area contributed by atoms with Crippen molar-refractivity contribution in [2.45, 2.75) is 46.2 Å². The number of benzene rings is 1. The molecule has 0 spiro atoms. The summed E-state index contributed by atoms with van der Waals surface area (Å²) in [5.41, 5.74) is 2.94. The van der Waals surface area contributed by atoms with Gasteiger partial charge in [0.2, 0.25) is 0 Å². The zero-order chi connectivity index (χ0) is 18.5. The first kappa shape index (κ1) is 18.4. The number of pyridine rings is 1. The summed E-state index contributed by atoms with van der Waals surface area (Å²) in [6, 6.07) is 12.7. The van der Waals surface area contributed by atoms with Gasteiger partial charge in [0.05, 0.1) is 17.4 Å². The number of piperidine rings is 1. The average Bonchev–Trinajstić information content (AvgIpc) is 2.66. The molecule has 1 aliphatic rings. The summed E-state index contributed by atoms with van der Waals surface area (Å²) in [5.74, 6) is 0.684. The number of hydrogen-bond acceptors (Lipinski definition) is 3. The maximum atomic E-state index is 12.9. The SMILES string of the molecule is CC1CCCN(C(=O)c2cncc(N(Cc3ccccc3)C(C)C)c2)C1. The minimum absolute atomic E-state index is 0.106. The third-order valence-corrected chi connectivity index (χ3v) is 5.07. The third kappa shape index (κ3) is 4.43. The van der Waals surface area contributed by atoms with Gasteiger partial charge in [0, 0.05) is 31.9 Å². The van der Waals surface area contributed by atoms with E-state index in [0.717, 1.165) is 31.7 Å². The Bertz CT molecular complexity index is 729. The van der Waals surface area contributed by atoms with Gasteiger partial charge in [0.25, 0.3) is 5.91 Å². The van der Waals surface area contributed by atoms with Crippen LogP contribution in [0.15, 0.2) is 48.8 Å². The number of carbonyl (C=O) groups excluding carboxylic acids is 1. The van der Waals surface area contributed by atoms with Crippen LogP contribution in [0.4, 0.5) is 5.69 Å². The maximum Gasteiger partial charge on any atom is 0.255 e. The number of hydrogen-bond donors (Lipinski definition) is 0. The van der Waals surface area contributed by atoms with Gasteiger partial charge in [-0.1, -0.05) is 37.3 Å². The normalized spacial score (nSPS) is 17.4. The Hall–Kier alpha value is -2.36. The van der Waals surface area contributed by atoms with Crippen LogP contribution in [0.3, 0.4) is 0 Å². The van der Waals surface area contributed by atoms with Crippen LogP contribution in [-0.4, -0.2) is 34.9 Å². The van der Waals surface area contributed by atoms with Crippen molar-refractivity contribution in [3.8, 4) is 0 Å². The fourth-order valence-corrected chi connectivity index (χ4v) is 3.61. The molecule has 0 N–H and O–H groups in total. The van der Waals surface area contributed by atoms with E-state index in [0.29, 0.717) is 17.5 Å². The molecule has 26 heavy (non-hydrogen) atoms. The van der Waals surface area contributed by atoms with Crippen LogP contribution >= 0.6 is 0 Å². The molecule has 1 atom stereocenters. The first-order chi connectivity index (χ1) is 12.5. The number of anilines is 1. The Morgan fingerprint density at radius 3 is 2.73 bits per heavy atom. The van der Waals surface area contributed by atoms with E-state index in [1.807, 2.05) is 23.2 Å². The topological polar surface area (TPSA) is 36.4 Å². The first-order valence-corrected chi connectivity index (χ1v) is 9.59. The summed E-state index contributed by atoms with van der Waals surface area (Å²) in [5, 5.41) is 0. The summed E-state index contributed by atoms with van der Waals surface area (Å²) in [4.78, 5) is 21.6. The van der Waals surface area contributed by atoms with Gasteiger partial charge in [0.1, 0.15) is 0 Å². The standard InChI is InChI=1S/C22H29N3O/c1-17(2)25(16-19-9-5-4-6-10-19)21-12-20(13-23-14-21)22(26)24-11-7-8-18(3)15-24/h4-6,9-10,12-14,17-18H,7-8,11,15-16H2,1-3H3. The van der Waals surface area contributed by atoms with Gasteiger partial charge in [-0.05, 0) is 44.2 Å². The molecular formula is C22H29N3O. The van der Waals surface area contributed by atoms with Crippen molar-refractivity contribution in [3.05, 3.63) is 59.9 Å². The second-order valence-electron chi connectivity index (χ2n) is 7.64. The molecule has 1 fully saturated rings. The number of carbonyl (C=O) groups is 1. The summed E-state index contributed by atoms with van der Waals surface area (Å²) >= 11 is 0. The minimum atomic E-state index is 0.106. The van der Waals surface area contributed by atoms with Crippen LogP contribution in [-0.2, 0) is 6.54 Å². The van der Waals surface area contributed by atoms with Crippen LogP contribution in [0.5, 0.6) is 0 Å². The Morgan fingerprint density at radius 1 is 1.27 bits per heavy atom. The third-order valence-electron chi connectivity index (χ3n) is 5.07. The predicted octanol–water partition coefficient (Wildman–Crippen LogP) is 4.37. The molecule has 1 aliphatic heterocycles. The van der Waals surface area contributed by atoms with E-state index in [-0.39, 0.29) is 5.91 Å². The van der Waals surface area contributed by atoms with Gasteiger partial charge in [-0.15, -0.1) is 0 Å². The van der Waals surface area contributed by atoms with E-state index in [1.165, 1.54) is 12.0 Å². The molecule has 0 aliphatic carbocycles. The predicted molar refractivity (Wildman–Crippen MR) is 106 cm³/mol. The fraction of sp³-hybridized carbons (Fsp3) is 0.455. The highest BCUT2D eigenvalue weighted by Crippen LogP contribution is 2.23. The van der Waals surface area contributed by atoms with Gasteiger partial charge < -0.3 is 9.80 Å². The molecule has 4 nitrogen and oxygen atoms in total. The molecule has 1 saturated heterocycles. The second-order valence-corrected chi connectivity index (χ2v) is 7.64. The highest BCUT2D eigenvalue weighted by molar-refractivity contribution is 5.94. The highest BCUT2D eigenvalue weighted by atomic mass is 16.2. The van der Waals surface area contributed by atoms with Crippen molar-refractivity contribution in [2.75, 3.05) is 18.0 Å². The van der Waals surface area contributed by atoms with Crippen LogP contribution in [0.25, 0.3) is 0 Å². The zero-order valence-electron chi connectivity index (χ0n) is 16.1.